The molecule has 1 nitrogen and oxygen atoms in total. The van der Waals surface area contributed by atoms with Gasteiger partial charge in [-0.15, -0.1) is 11.3 Å². The Bertz CT molecular complexity index is 512. The summed E-state index contributed by atoms with van der Waals surface area (Å²) in [5.74, 6) is -0.310. The van der Waals surface area contributed by atoms with E-state index in [-0.39, 0.29) is 5.82 Å². The number of nitriles is 1. The quantitative estimate of drug-likeness (QED) is 0.654. The van der Waals surface area contributed by atoms with Crippen LogP contribution in [0.2, 0.25) is 5.02 Å². The monoisotopic (exact) mass is 211 g/mol. The Morgan fingerprint density at radius 1 is 1.46 bits per heavy atom. The Balaban J connectivity index is 2.86. The highest BCUT2D eigenvalue weighted by molar-refractivity contribution is 7.20. The third-order valence-corrected chi connectivity index (χ3v) is 3.25. The number of hydrogen-bond donors (Lipinski definition) is 0. The van der Waals surface area contributed by atoms with Gasteiger partial charge in [-0.3, -0.25) is 0 Å². The molecule has 0 fully saturated rings. The molecule has 0 saturated heterocycles. The van der Waals surface area contributed by atoms with Crippen LogP contribution in [0, 0.1) is 17.1 Å². The van der Waals surface area contributed by atoms with E-state index < -0.39 is 0 Å². The number of hydrogen-bond acceptors (Lipinski definition) is 2. The summed E-state index contributed by atoms with van der Waals surface area (Å²) in [6.07, 6.45) is 0. The molecular formula is C9H3ClFNS. The molecule has 1 aromatic carbocycles. The molecule has 0 aliphatic carbocycles. The van der Waals surface area contributed by atoms with E-state index in [1.165, 1.54) is 23.5 Å². The largest absolute Gasteiger partial charge is 0.207 e. The zero-order chi connectivity index (χ0) is 9.42. The van der Waals surface area contributed by atoms with Gasteiger partial charge in [0.25, 0.3) is 0 Å². The van der Waals surface area contributed by atoms with Crippen LogP contribution in [0.3, 0.4) is 0 Å². The number of thiophene rings is 1. The minimum absolute atomic E-state index is 0.310. The van der Waals surface area contributed by atoms with Gasteiger partial charge in [-0.05, 0) is 18.2 Å². The zero-order valence-electron chi connectivity index (χ0n) is 6.34. The SMILES string of the molecule is N#Cc1sc2cc(F)ccc2c1Cl. The first-order valence-electron chi connectivity index (χ1n) is 3.50. The molecule has 0 amide bonds. The van der Waals surface area contributed by atoms with Gasteiger partial charge in [-0.2, -0.15) is 5.26 Å². The van der Waals surface area contributed by atoms with Gasteiger partial charge < -0.3 is 0 Å². The maximum Gasteiger partial charge on any atom is 0.124 e. The van der Waals surface area contributed by atoms with Crippen LogP contribution in [0.25, 0.3) is 10.1 Å². The van der Waals surface area contributed by atoms with Crippen LogP contribution in [-0.2, 0) is 0 Å². The molecule has 0 bridgehead atoms. The summed E-state index contributed by atoms with van der Waals surface area (Å²) < 4.78 is 13.5. The predicted octanol–water partition coefficient (Wildman–Crippen LogP) is 3.57. The average Bonchev–Trinajstić information content (AvgIpc) is 2.42. The van der Waals surface area contributed by atoms with Gasteiger partial charge in [0, 0.05) is 10.1 Å². The molecule has 1 heterocycles. The van der Waals surface area contributed by atoms with E-state index in [0.717, 1.165) is 5.39 Å². The first-order chi connectivity index (χ1) is 6.22. The molecule has 0 radical (unpaired) electrons. The van der Waals surface area contributed by atoms with Crippen LogP contribution >= 0.6 is 22.9 Å². The van der Waals surface area contributed by atoms with Crippen molar-refractivity contribution in [2.45, 2.75) is 0 Å². The van der Waals surface area contributed by atoms with Crippen molar-refractivity contribution in [2.24, 2.45) is 0 Å². The fourth-order valence-corrected chi connectivity index (χ4v) is 2.41. The molecule has 4 heteroatoms. The molecule has 0 N–H and O–H groups in total. The summed E-state index contributed by atoms with van der Waals surface area (Å²) in [7, 11) is 0. The summed E-state index contributed by atoms with van der Waals surface area (Å²) in [4.78, 5) is 0.433. The van der Waals surface area contributed by atoms with Crippen molar-refractivity contribution >= 4 is 33.0 Å². The van der Waals surface area contributed by atoms with Gasteiger partial charge in [0.05, 0.1) is 5.02 Å². The van der Waals surface area contributed by atoms with E-state index in [1.807, 2.05) is 6.07 Å². The highest BCUT2D eigenvalue weighted by Crippen LogP contribution is 2.34. The molecule has 1 aromatic heterocycles. The predicted molar refractivity (Wildman–Crippen MR) is 51.5 cm³/mol. The average molecular weight is 212 g/mol. The van der Waals surface area contributed by atoms with Crippen LogP contribution in [0.15, 0.2) is 18.2 Å². The second-order valence-electron chi connectivity index (χ2n) is 2.50. The standard InChI is InChI=1S/C9H3ClFNS/c10-9-6-2-1-5(11)3-7(6)13-8(9)4-12/h1-3H. The number of halogens is 2. The summed E-state index contributed by atoms with van der Waals surface area (Å²) in [5.41, 5.74) is 0. The molecule has 2 rings (SSSR count). The highest BCUT2D eigenvalue weighted by atomic mass is 35.5. The third kappa shape index (κ3) is 1.28. The van der Waals surface area contributed by atoms with E-state index in [9.17, 15) is 4.39 Å². The lowest BCUT2D eigenvalue weighted by molar-refractivity contribution is 0.630. The minimum atomic E-state index is -0.310. The number of fused-ring (bicyclic) bond motifs is 1. The molecule has 0 saturated carbocycles. The van der Waals surface area contributed by atoms with Crippen molar-refractivity contribution in [1.29, 1.82) is 5.26 Å². The van der Waals surface area contributed by atoms with Gasteiger partial charge in [0.15, 0.2) is 0 Å². The summed E-state index contributed by atoms with van der Waals surface area (Å²) >= 11 is 7.08. The number of nitrogens with zero attached hydrogens (tertiary/aromatic N) is 1. The van der Waals surface area contributed by atoms with Gasteiger partial charge >= 0.3 is 0 Å². The van der Waals surface area contributed by atoms with E-state index in [4.69, 9.17) is 16.9 Å². The lowest BCUT2D eigenvalue weighted by Gasteiger charge is -1.88. The van der Waals surface area contributed by atoms with E-state index in [2.05, 4.69) is 0 Å². The molecule has 13 heavy (non-hydrogen) atoms. The van der Waals surface area contributed by atoms with Crippen molar-refractivity contribution in [2.75, 3.05) is 0 Å². The molecule has 0 spiro atoms. The summed E-state index contributed by atoms with van der Waals surface area (Å²) in [5, 5.41) is 9.83. The van der Waals surface area contributed by atoms with Crippen LogP contribution in [0.5, 0.6) is 0 Å². The smallest absolute Gasteiger partial charge is 0.124 e. The normalized spacial score (nSPS) is 10.2. The van der Waals surface area contributed by atoms with Gasteiger partial charge in [0.1, 0.15) is 16.8 Å². The van der Waals surface area contributed by atoms with Crippen LogP contribution in [-0.4, -0.2) is 0 Å². The highest BCUT2D eigenvalue weighted by Gasteiger charge is 2.09. The summed E-state index contributed by atoms with van der Waals surface area (Å²) in [6.45, 7) is 0. The van der Waals surface area contributed by atoms with Crippen LogP contribution in [0.4, 0.5) is 4.39 Å². The van der Waals surface area contributed by atoms with Crippen LogP contribution < -0.4 is 0 Å². The first-order valence-corrected chi connectivity index (χ1v) is 4.69. The maximum atomic E-state index is 12.8. The van der Waals surface area contributed by atoms with E-state index in [1.54, 1.807) is 6.07 Å². The topological polar surface area (TPSA) is 23.8 Å². The van der Waals surface area contributed by atoms with Crippen molar-refractivity contribution < 1.29 is 4.39 Å². The molecule has 2 aromatic rings. The van der Waals surface area contributed by atoms with Crippen LogP contribution in [0.1, 0.15) is 4.88 Å². The molecule has 0 aliphatic heterocycles. The first kappa shape index (κ1) is 8.49. The molecule has 0 unspecified atom stereocenters. The lowest BCUT2D eigenvalue weighted by Crippen LogP contribution is -1.69. The second-order valence-corrected chi connectivity index (χ2v) is 3.93. The van der Waals surface area contributed by atoms with Gasteiger partial charge in [-0.1, -0.05) is 11.6 Å². The van der Waals surface area contributed by atoms with Crippen molar-refractivity contribution in [1.82, 2.24) is 0 Å². The third-order valence-electron chi connectivity index (χ3n) is 1.69. The lowest BCUT2D eigenvalue weighted by atomic mass is 10.2. The Hall–Kier alpha value is -1.11. The van der Waals surface area contributed by atoms with Gasteiger partial charge in [-0.25, -0.2) is 4.39 Å². The van der Waals surface area contributed by atoms with Crippen molar-refractivity contribution in [3.63, 3.8) is 0 Å². The number of rotatable bonds is 0. The molecule has 64 valence electrons. The second kappa shape index (κ2) is 2.99. The number of benzene rings is 1. The van der Waals surface area contributed by atoms with Crippen molar-refractivity contribution in [3.8, 4) is 6.07 Å². The molecule has 0 atom stereocenters. The van der Waals surface area contributed by atoms with Gasteiger partial charge in [0.2, 0.25) is 0 Å². The fraction of sp³-hybridized carbons (Fsp3) is 0. The Morgan fingerprint density at radius 2 is 2.23 bits per heavy atom. The Kier molecular flexibility index (Phi) is 1.95. The van der Waals surface area contributed by atoms with E-state index in [0.29, 0.717) is 14.6 Å². The maximum absolute atomic E-state index is 12.8. The Labute approximate surface area is 83.0 Å². The molecule has 0 aliphatic rings. The van der Waals surface area contributed by atoms with Crippen molar-refractivity contribution in [3.05, 3.63) is 33.9 Å². The Morgan fingerprint density at radius 3 is 2.92 bits per heavy atom. The molecular weight excluding hydrogens is 209 g/mol. The minimum Gasteiger partial charge on any atom is -0.207 e. The fourth-order valence-electron chi connectivity index (χ4n) is 1.11. The summed E-state index contributed by atoms with van der Waals surface area (Å²) in [6, 6.07) is 6.27. The van der Waals surface area contributed by atoms with E-state index >= 15 is 0 Å². The zero-order valence-corrected chi connectivity index (χ0v) is 7.92.